The van der Waals surface area contributed by atoms with E-state index in [0.717, 1.165) is 0 Å². The van der Waals surface area contributed by atoms with Crippen molar-refractivity contribution in [2.75, 3.05) is 34.8 Å². The number of aromatic nitrogens is 2. The molecular weight excluding hydrogens is 288 g/mol. The third-order valence-corrected chi connectivity index (χ3v) is 5.06. The Morgan fingerprint density at radius 3 is 2.95 bits per heavy atom. The van der Waals surface area contributed by atoms with Crippen LogP contribution in [0.25, 0.3) is 0 Å². The molecule has 0 aliphatic carbocycles. The van der Waals surface area contributed by atoms with Crippen molar-refractivity contribution in [1.29, 1.82) is 0 Å². The van der Waals surface area contributed by atoms with Gasteiger partial charge in [0.25, 0.3) is 0 Å². The highest BCUT2D eigenvalue weighted by atomic mass is 35.5. The summed E-state index contributed by atoms with van der Waals surface area (Å²) in [7, 11) is -2.95. The summed E-state index contributed by atoms with van der Waals surface area (Å²) >= 11 is 6.12. The first kappa shape index (κ1) is 14.3. The molecule has 1 N–H and O–H groups in total. The van der Waals surface area contributed by atoms with Crippen LogP contribution in [0, 0.1) is 0 Å². The van der Waals surface area contributed by atoms with Gasteiger partial charge in [0.2, 0.25) is 5.95 Å². The highest BCUT2D eigenvalue weighted by Gasteiger charge is 2.30. The third kappa shape index (κ3) is 3.27. The second-order valence-corrected chi connectivity index (χ2v) is 7.19. The summed E-state index contributed by atoms with van der Waals surface area (Å²) in [5.41, 5.74) is 0. The molecule has 0 radical (unpaired) electrons. The van der Waals surface area contributed by atoms with Gasteiger partial charge in [-0.2, -0.15) is 4.98 Å². The van der Waals surface area contributed by atoms with Crippen molar-refractivity contribution in [1.82, 2.24) is 9.97 Å². The Balaban J connectivity index is 2.28. The lowest BCUT2D eigenvalue weighted by Crippen LogP contribution is -2.47. The fourth-order valence-electron chi connectivity index (χ4n) is 2.12. The number of nitrogens with one attached hydrogen (secondary N) is 1. The van der Waals surface area contributed by atoms with Gasteiger partial charge in [0, 0.05) is 19.1 Å². The first-order valence-electron chi connectivity index (χ1n) is 6.16. The maximum Gasteiger partial charge on any atom is 0.224 e. The summed E-state index contributed by atoms with van der Waals surface area (Å²) in [4.78, 5) is 10.4. The molecule has 6 nitrogen and oxygen atoms in total. The minimum atomic E-state index is -2.95. The van der Waals surface area contributed by atoms with Crippen molar-refractivity contribution in [3.8, 4) is 0 Å². The van der Waals surface area contributed by atoms with Gasteiger partial charge >= 0.3 is 0 Å². The summed E-state index contributed by atoms with van der Waals surface area (Å²) in [5.74, 6) is 1.36. The lowest BCUT2D eigenvalue weighted by Gasteiger charge is -2.34. The van der Waals surface area contributed by atoms with Gasteiger partial charge in [-0.3, -0.25) is 0 Å². The Bertz CT molecular complexity index is 564. The number of sulfone groups is 1. The molecule has 0 bridgehead atoms. The SMILES string of the molecule is CCNc1ncc(Cl)c(N2CCS(=O)(=O)CC2C)n1. The van der Waals surface area contributed by atoms with Crippen LogP contribution in [-0.4, -0.2) is 49.0 Å². The predicted octanol–water partition coefficient (Wildman–Crippen LogP) is 1.19. The van der Waals surface area contributed by atoms with Gasteiger partial charge in [0.05, 0.1) is 17.7 Å². The average Bonchev–Trinajstić information content (AvgIpc) is 2.31. The van der Waals surface area contributed by atoms with Crippen LogP contribution in [0.3, 0.4) is 0 Å². The lowest BCUT2D eigenvalue weighted by atomic mass is 10.3. The monoisotopic (exact) mass is 304 g/mol. The Kier molecular flexibility index (Phi) is 4.15. The van der Waals surface area contributed by atoms with E-state index in [-0.39, 0.29) is 17.5 Å². The van der Waals surface area contributed by atoms with Crippen molar-refractivity contribution in [2.45, 2.75) is 19.9 Å². The van der Waals surface area contributed by atoms with Gasteiger partial charge in [0.1, 0.15) is 5.02 Å². The second-order valence-electron chi connectivity index (χ2n) is 4.55. The molecule has 106 valence electrons. The summed E-state index contributed by atoms with van der Waals surface area (Å²) in [6, 6.07) is -0.138. The van der Waals surface area contributed by atoms with Gasteiger partial charge in [-0.15, -0.1) is 0 Å². The second kappa shape index (κ2) is 5.50. The molecule has 0 aromatic carbocycles. The van der Waals surface area contributed by atoms with E-state index in [4.69, 9.17) is 11.6 Å². The minimum Gasteiger partial charge on any atom is -0.354 e. The molecular formula is C11H17ClN4O2S. The molecule has 0 amide bonds. The van der Waals surface area contributed by atoms with Crippen LogP contribution in [0.4, 0.5) is 11.8 Å². The number of halogens is 1. The van der Waals surface area contributed by atoms with Crippen LogP contribution >= 0.6 is 11.6 Å². The van der Waals surface area contributed by atoms with Gasteiger partial charge in [-0.25, -0.2) is 13.4 Å². The fraction of sp³-hybridized carbons (Fsp3) is 0.636. The zero-order valence-electron chi connectivity index (χ0n) is 10.9. The molecule has 1 atom stereocenters. The number of hydrogen-bond acceptors (Lipinski definition) is 6. The van der Waals surface area contributed by atoms with Crippen LogP contribution < -0.4 is 10.2 Å². The van der Waals surface area contributed by atoms with E-state index in [9.17, 15) is 8.42 Å². The fourth-order valence-corrected chi connectivity index (χ4v) is 3.87. The standard InChI is InChI=1S/C11H17ClN4O2S/c1-3-13-11-14-6-9(12)10(15-11)16-4-5-19(17,18)7-8(16)2/h6,8H,3-5,7H2,1-2H3,(H,13,14,15). The van der Waals surface area contributed by atoms with Crippen molar-refractivity contribution >= 4 is 33.2 Å². The molecule has 1 aliphatic heterocycles. The van der Waals surface area contributed by atoms with Crippen LogP contribution in [0.1, 0.15) is 13.8 Å². The van der Waals surface area contributed by atoms with Crippen LogP contribution in [0.2, 0.25) is 5.02 Å². The Labute approximate surface area is 118 Å². The molecule has 2 heterocycles. The van der Waals surface area contributed by atoms with E-state index in [2.05, 4.69) is 15.3 Å². The van der Waals surface area contributed by atoms with Crippen LogP contribution in [0.5, 0.6) is 0 Å². The number of nitrogens with zero attached hydrogens (tertiary/aromatic N) is 3. The van der Waals surface area contributed by atoms with Crippen molar-refractivity contribution in [2.24, 2.45) is 0 Å². The van der Waals surface area contributed by atoms with Crippen LogP contribution in [-0.2, 0) is 9.84 Å². The molecule has 2 rings (SSSR count). The number of anilines is 2. The maximum atomic E-state index is 11.6. The molecule has 19 heavy (non-hydrogen) atoms. The van der Waals surface area contributed by atoms with Crippen LogP contribution in [0.15, 0.2) is 6.20 Å². The van der Waals surface area contributed by atoms with E-state index in [1.54, 1.807) is 0 Å². The van der Waals surface area contributed by atoms with Gasteiger partial charge in [-0.1, -0.05) is 11.6 Å². The molecule has 1 unspecified atom stereocenters. The summed E-state index contributed by atoms with van der Waals surface area (Å²) in [6.07, 6.45) is 1.54. The Hall–Kier alpha value is -1.08. The molecule has 0 saturated carbocycles. The average molecular weight is 305 g/mol. The van der Waals surface area contributed by atoms with E-state index < -0.39 is 9.84 Å². The molecule has 1 aromatic rings. The van der Waals surface area contributed by atoms with Crippen molar-refractivity contribution in [3.05, 3.63) is 11.2 Å². The molecule has 0 spiro atoms. The smallest absolute Gasteiger partial charge is 0.224 e. The molecule has 1 saturated heterocycles. The van der Waals surface area contributed by atoms with E-state index in [1.165, 1.54) is 6.20 Å². The zero-order valence-corrected chi connectivity index (χ0v) is 12.5. The summed E-state index contributed by atoms with van der Waals surface area (Å²) in [6.45, 7) is 4.94. The lowest BCUT2D eigenvalue weighted by molar-refractivity contribution is 0.567. The number of rotatable bonds is 3. The summed E-state index contributed by atoms with van der Waals surface area (Å²) in [5, 5.41) is 3.46. The topological polar surface area (TPSA) is 75.2 Å². The largest absolute Gasteiger partial charge is 0.354 e. The Morgan fingerprint density at radius 1 is 1.58 bits per heavy atom. The van der Waals surface area contributed by atoms with Gasteiger partial charge < -0.3 is 10.2 Å². The molecule has 1 aliphatic rings. The quantitative estimate of drug-likeness (QED) is 0.904. The highest BCUT2D eigenvalue weighted by Crippen LogP contribution is 2.27. The van der Waals surface area contributed by atoms with E-state index in [0.29, 0.717) is 29.9 Å². The first-order chi connectivity index (χ1) is 8.93. The number of hydrogen-bond donors (Lipinski definition) is 1. The molecule has 1 aromatic heterocycles. The van der Waals surface area contributed by atoms with Crippen molar-refractivity contribution < 1.29 is 8.42 Å². The normalized spacial score (nSPS) is 22.3. The summed E-state index contributed by atoms with van der Waals surface area (Å²) < 4.78 is 23.2. The third-order valence-electron chi connectivity index (χ3n) is 3.00. The van der Waals surface area contributed by atoms with Gasteiger partial charge in [0.15, 0.2) is 15.7 Å². The zero-order chi connectivity index (χ0) is 14.0. The van der Waals surface area contributed by atoms with Gasteiger partial charge in [-0.05, 0) is 13.8 Å². The molecule has 8 heteroatoms. The predicted molar refractivity (Wildman–Crippen MR) is 76.7 cm³/mol. The molecule has 1 fully saturated rings. The minimum absolute atomic E-state index is 0.129. The first-order valence-corrected chi connectivity index (χ1v) is 8.36. The maximum absolute atomic E-state index is 11.6. The van der Waals surface area contributed by atoms with Crippen molar-refractivity contribution in [3.63, 3.8) is 0 Å². The highest BCUT2D eigenvalue weighted by molar-refractivity contribution is 7.91. The Morgan fingerprint density at radius 2 is 2.32 bits per heavy atom. The van der Waals surface area contributed by atoms with E-state index >= 15 is 0 Å². The van der Waals surface area contributed by atoms with E-state index in [1.807, 2.05) is 18.7 Å².